The van der Waals surface area contributed by atoms with Crippen LogP contribution in [-0.2, 0) is 0 Å². The molecule has 0 bridgehead atoms. The van der Waals surface area contributed by atoms with Gasteiger partial charge < -0.3 is 20.9 Å². The largest absolute Gasteiger partial charge is 0.494 e. The van der Waals surface area contributed by atoms with Crippen molar-refractivity contribution in [2.75, 3.05) is 26.3 Å². The van der Waals surface area contributed by atoms with Gasteiger partial charge in [0.05, 0.1) is 13.2 Å². The molecule has 0 radical (unpaired) electrons. The standard InChI is InChI=1S/C19H22N2O3/c20-7-1-9-23-13-3-5-15-17(11-13)18-12-14(24-10-2-8-21)4-6-16(18)19(15)22/h3-6,11-12H,1-2,7-10,20-21H2. The zero-order chi connectivity index (χ0) is 16.9. The molecule has 0 heterocycles. The predicted molar refractivity (Wildman–Crippen MR) is 93.6 cm³/mol. The van der Waals surface area contributed by atoms with Crippen molar-refractivity contribution in [3.63, 3.8) is 0 Å². The van der Waals surface area contributed by atoms with Crippen LogP contribution in [-0.4, -0.2) is 32.1 Å². The number of rotatable bonds is 8. The van der Waals surface area contributed by atoms with Gasteiger partial charge in [-0.1, -0.05) is 0 Å². The fourth-order valence-corrected chi connectivity index (χ4v) is 2.76. The zero-order valence-corrected chi connectivity index (χ0v) is 13.6. The number of ketones is 1. The Labute approximate surface area is 141 Å². The van der Waals surface area contributed by atoms with Gasteiger partial charge in [0, 0.05) is 11.1 Å². The number of ether oxygens (including phenoxy) is 2. The van der Waals surface area contributed by atoms with Crippen LogP contribution in [0.3, 0.4) is 0 Å². The Morgan fingerprint density at radius 1 is 0.708 bits per heavy atom. The Balaban J connectivity index is 1.87. The molecule has 1 aliphatic carbocycles. The van der Waals surface area contributed by atoms with Gasteiger partial charge >= 0.3 is 0 Å². The van der Waals surface area contributed by atoms with Crippen LogP contribution < -0.4 is 20.9 Å². The van der Waals surface area contributed by atoms with Gasteiger partial charge in [-0.3, -0.25) is 4.79 Å². The summed E-state index contributed by atoms with van der Waals surface area (Å²) < 4.78 is 11.4. The maximum absolute atomic E-state index is 12.5. The third-order valence-electron chi connectivity index (χ3n) is 4.00. The lowest BCUT2D eigenvalue weighted by atomic mass is 10.1. The van der Waals surface area contributed by atoms with Crippen molar-refractivity contribution in [1.29, 1.82) is 0 Å². The zero-order valence-electron chi connectivity index (χ0n) is 13.6. The van der Waals surface area contributed by atoms with E-state index >= 15 is 0 Å². The molecule has 2 aromatic carbocycles. The predicted octanol–water partition coefficient (Wildman–Crippen LogP) is 2.35. The monoisotopic (exact) mass is 326 g/mol. The SMILES string of the molecule is NCCCOc1ccc2c(c1)-c1cc(OCCCN)ccc1C2=O. The molecule has 0 aliphatic heterocycles. The summed E-state index contributed by atoms with van der Waals surface area (Å²) in [6.45, 7) is 2.32. The van der Waals surface area contributed by atoms with E-state index < -0.39 is 0 Å². The fraction of sp³-hybridized carbons (Fsp3) is 0.316. The smallest absolute Gasteiger partial charge is 0.194 e. The second-order valence-corrected chi connectivity index (χ2v) is 5.73. The molecule has 126 valence electrons. The first-order chi connectivity index (χ1) is 11.7. The third kappa shape index (κ3) is 3.27. The average Bonchev–Trinajstić information content (AvgIpc) is 2.88. The summed E-state index contributed by atoms with van der Waals surface area (Å²) in [6.07, 6.45) is 1.59. The van der Waals surface area contributed by atoms with E-state index in [9.17, 15) is 4.79 Å². The molecule has 0 spiro atoms. The minimum absolute atomic E-state index is 0.0435. The van der Waals surface area contributed by atoms with E-state index in [-0.39, 0.29) is 5.78 Å². The lowest BCUT2D eigenvalue weighted by Crippen LogP contribution is -2.06. The van der Waals surface area contributed by atoms with E-state index in [2.05, 4.69) is 0 Å². The quantitative estimate of drug-likeness (QED) is 0.620. The molecule has 1 aliphatic rings. The van der Waals surface area contributed by atoms with E-state index in [1.807, 2.05) is 36.4 Å². The topological polar surface area (TPSA) is 87.6 Å². The molecule has 0 saturated heterocycles. The van der Waals surface area contributed by atoms with Gasteiger partial charge in [0.1, 0.15) is 11.5 Å². The molecule has 2 aromatic rings. The van der Waals surface area contributed by atoms with Crippen molar-refractivity contribution >= 4 is 5.78 Å². The first kappa shape index (κ1) is 16.5. The van der Waals surface area contributed by atoms with E-state index in [4.69, 9.17) is 20.9 Å². The van der Waals surface area contributed by atoms with Crippen LogP contribution in [0.5, 0.6) is 11.5 Å². The number of hydrogen-bond donors (Lipinski definition) is 2. The molecule has 5 heteroatoms. The minimum Gasteiger partial charge on any atom is -0.494 e. The Bertz CT molecular complexity index is 682. The summed E-state index contributed by atoms with van der Waals surface area (Å²) >= 11 is 0. The number of nitrogens with two attached hydrogens (primary N) is 2. The van der Waals surface area contributed by atoms with E-state index in [1.54, 1.807) is 0 Å². The highest BCUT2D eigenvalue weighted by Crippen LogP contribution is 2.40. The molecule has 0 fully saturated rings. The van der Waals surface area contributed by atoms with Crippen LogP contribution in [0.15, 0.2) is 36.4 Å². The number of fused-ring (bicyclic) bond motifs is 3. The number of benzene rings is 2. The van der Waals surface area contributed by atoms with Gasteiger partial charge in [0.25, 0.3) is 0 Å². The number of carbonyl (C=O) groups excluding carboxylic acids is 1. The molecule has 0 amide bonds. The van der Waals surface area contributed by atoms with Crippen LogP contribution in [0, 0.1) is 0 Å². The summed E-state index contributed by atoms with van der Waals surface area (Å²) in [6, 6.07) is 11.1. The molecular weight excluding hydrogens is 304 g/mol. The maximum atomic E-state index is 12.5. The Hall–Kier alpha value is -2.37. The Kier molecular flexibility index (Phi) is 5.13. The highest BCUT2D eigenvalue weighted by molar-refractivity contribution is 6.21. The summed E-state index contributed by atoms with van der Waals surface area (Å²) in [5.74, 6) is 1.54. The van der Waals surface area contributed by atoms with Gasteiger partial charge in [0.15, 0.2) is 5.78 Å². The summed E-state index contributed by atoms with van der Waals surface area (Å²) in [7, 11) is 0. The summed E-state index contributed by atoms with van der Waals surface area (Å²) in [4.78, 5) is 12.5. The summed E-state index contributed by atoms with van der Waals surface area (Å²) in [5.41, 5.74) is 14.2. The van der Waals surface area contributed by atoms with Crippen molar-refractivity contribution in [3.05, 3.63) is 47.5 Å². The van der Waals surface area contributed by atoms with Crippen molar-refractivity contribution in [2.24, 2.45) is 11.5 Å². The minimum atomic E-state index is 0.0435. The van der Waals surface area contributed by atoms with Gasteiger partial charge in [-0.25, -0.2) is 0 Å². The average molecular weight is 326 g/mol. The lowest BCUT2D eigenvalue weighted by Gasteiger charge is -2.09. The highest BCUT2D eigenvalue weighted by Gasteiger charge is 2.27. The maximum Gasteiger partial charge on any atom is 0.194 e. The molecule has 4 N–H and O–H groups in total. The van der Waals surface area contributed by atoms with Crippen molar-refractivity contribution < 1.29 is 14.3 Å². The first-order valence-electron chi connectivity index (χ1n) is 8.23. The first-order valence-corrected chi connectivity index (χ1v) is 8.23. The third-order valence-corrected chi connectivity index (χ3v) is 4.00. The molecular formula is C19H22N2O3. The molecule has 0 saturated carbocycles. The van der Waals surface area contributed by atoms with Gasteiger partial charge in [-0.2, -0.15) is 0 Å². The van der Waals surface area contributed by atoms with Crippen molar-refractivity contribution in [3.8, 4) is 22.6 Å². The molecule has 0 aromatic heterocycles. The van der Waals surface area contributed by atoms with Gasteiger partial charge in [-0.05, 0) is 73.5 Å². The van der Waals surface area contributed by atoms with Crippen LogP contribution in [0.1, 0.15) is 28.8 Å². The van der Waals surface area contributed by atoms with E-state index in [0.717, 1.165) is 35.5 Å². The van der Waals surface area contributed by atoms with Crippen LogP contribution >= 0.6 is 0 Å². The van der Waals surface area contributed by atoms with E-state index in [0.29, 0.717) is 37.4 Å². The second-order valence-electron chi connectivity index (χ2n) is 5.73. The van der Waals surface area contributed by atoms with Gasteiger partial charge in [0.2, 0.25) is 0 Å². The number of hydrogen-bond acceptors (Lipinski definition) is 5. The lowest BCUT2D eigenvalue weighted by molar-refractivity contribution is 0.104. The molecule has 3 rings (SSSR count). The van der Waals surface area contributed by atoms with Gasteiger partial charge in [-0.15, -0.1) is 0 Å². The molecule has 5 nitrogen and oxygen atoms in total. The van der Waals surface area contributed by atoms with Crippen LogP contribution in [0.2, 0.25) is 0 Å². The fourth-order valence-electron chi connectivity index (χ4n) is 2.76. The van der Waals surface area contributed by atoms with Crippen LogP contribution in [0.25, 0.3) is 11.1 Å². The molecule has 24 heavy (non-hydrogen) atoms. The highest BCUT2D eigenvalue weighted by atomic mass is 16.5. The molecule has 0 unspecified atom stereocenters. The van der Waals surface area contributed by atoms with E-state index in [1.165, 1.54) is 0 Å². The van der Waals surface area contributed by atoms with Crippen molar-refractivity contribution in [1.82, 2.24) is 0 Å². The Morgan fingerprint density at radius 3 is 1.58 bits per heavy atom. The second kappa shape index (κ2) is 7.47. The number of carbonyl (C=O) groups is 1. The van der Waals surface area contributed by atoms with Crippen LogP contribution in [0.4, 0.5) is 0 Å². The molecule has 0 atom stereocenters. The Morgan fingerprint density at radius 2 is 1.17 bits per heavy atom. The normalized spacial score (nSPS) is 12.0. The summed E-state index contributed by atoms with van der Waals surface area (Å²) in [5, 5.41) is 0. The van der Waals surface area contributed by atoms with Crippen molar-refractivity contribution in [2.45, 2.75) is 12.8 Å².